The number of nitrogens with two attached hydrogens (primary N) is 2. The minimum Gasteiger partial charge on any atom is -0.365 e. The zero-order valence-electron chi connectivity index (χ0n) is 16.4. The number of carbonyl (C=O) groups excluding carboxylic acids is 1. The van der Waals surface area contributed by atoms with E-state index in [9.17, 15) is 18.0 Å². The molecule has 4 rings (SSSR count). The Bertz CT molecular complexity index is 1140. The number of hydrogen-bond acceptors (Lipinski definition) is 6. The number of pyridine rings is 2. The minimum atomic E-state index is -3.06. The van der Waals surface area contributed by atoms with Crippen molar-refractivity contribution in [3.05, 3.63) is 54.0 Å². The molecule has 0 spiro atoms. The molecule has 0 saturated heterocycles. The number of aromatic nitrogens is 2. The fourth-order valence-electron chi connectivity index (χ4n) is 3.69. The van der Waals surface area contributed by atoms with E-state index in [0.29, 0.717) is 12.1 Å². The normalized spacial score (nSPS) is 20.4. The molecule has 2 atom stereocenters. The van der Waals surface area contributed by atoms with Crippen LogP contribution in [0.1, 0.15) is 29.6 Å². The number of alkyl halides is 2. The van der Waals surface area contributed by atoms with Crippen molar-refractivity contribution in [3.8, 4) is 0 Å². The molecule has 1 fully saturated rings. The Morgan fingerprint density at radius 2 is 1.97 bits per heavy atom. The summed E-state index contributed by atoms with van der Waals surface area (Å²) in [6.45, 7) is 0. The molecule has 1 aliphatic carbocycles. The number of halogens is 3. The number of hydrogen-bond donors (Lipinski definition) is 4. The highest BCUT2D eigenvalue weighted by Crippen LogP contribution is 2.34. The van der Waals surface area contributed by atoms with Crippen molar-refractivity contribution in [1.82, 2.24) is 9.97 Å². The monoisotopic (exact) mass is 430 g/mol. The summed E-state index contributed by atoms with van der Waals surface area (Å²) in [6.07, 6.45) is 1.80. The fourth-order valence-corrected chi connectivity index (χ4v) is 3.69. The number of amides is 1. The number of anilines is 3. The Hall–Kier alpha value is -3.40. The highest BCUT2D eigenvalue weighted by atomic mass is 19.3. The molecule has 1 amide bonds. The molecular weight excluding hydrogens is 409 g/mol. The van der Waals surface area contributed by atoms with Gasteiger partial charge in [0, 0.05) is 17.8 Å². The molecule has 0 bridgehead atoms. The second kappa shape index (κ2) is 8.03. The third-order valence-corrected chi connectivity index (χ3v) is 5.36. The summed E-state index contributed by atoms with van der Waals surface area (Å²) in [5.74, 6) is -5.16. The van der Waals surface area contributed by atoms with Gasteiger partial charge in [-0.05, 0) is 31.0 Å². The van der Waals surface area contributed by atoms with Gasteiger partial charge in [-0.3, -0.25) is 9.78 Å². The number of fused-ring (bicyclic) bond motifs is 1. The highest BCUT2D eigenvalue weighted by molar-refractivity contribution is 5.98. The Morgan fingerprint density at radius 3 is 2.74 bits per heavy atom. The van der Waals surface area contributed by atoms with Gasteiger partial charge >= 0.3 is 0 Å². The van der Waals surface area contributed by atoms with Gasteiger partial charge in [0.05, 0.1) is 29.0 Å². The van der Waals surface area contributed by atoms with Crippen LogP contribution in [-0.4, -0.2) is 33.9 Å². The lowest BCUT2D eigenvalue weighted by Gasteiger charge is -2.36. The van der Waals surface area contributed by atoms with Crippen LogP contribution in [0.15, 0.2) is 42.6 Å². The third-order valence-electron chi connectivity index (χ3n) is 5.36. The molecule has 6 N–H and O–H groups in total. The van der Waals surface area contributed by atoms with Crippen molar-refractivity contribution >= 4 is 34.1 Å². The summed E-state index contributed by atoms with van der Waals surface area (Å²) in [4.78, 5) is 20.3. The van der Waals surface area contributed by atoms with Gasteiger partial charge < -0.3 is 22.1 Å². The minimum absolute atomic E-state index is 0.0235. The second-order valence-corrected chi connectivity index (χ2v) is 7.55. The van der Waals surface area contributed by atoms with Crippen LogP contribution in [0, 0.1) is 5.82 Å². The zero-order chi connectivity index (χ0) is 22.2. The van der Waals surface area contributed by atoms with Gasteiger partial charge in [-0.2, -0.15) is 0 Å². The topological polar surface area (TPSA) is 119 Å². The standard InChI is InChI=1S/C21H21F3N6O/c22-14-9-13(18(26)31)19(28-12-8-11-4-1-2-5-15(11)27-10-12)30-20(14)29-16-6-3-7-21(23,24)17(16)25/h1-2,4-5,8-10,16-17H,3,6-7,25H2,(H2,26,31)(H2,28,29,30)/t16-,17-/m1/s1. The Labute approximate surface area is 176 Å². The lowest BCUT2D eigenvalue weighted by Crippen LogP contribution is -2.55. The van der Waals surface area contributed by atoms with Crippen molar-refractivity contribution in [2.75, 3.05) is 10.6 Å². The van der Waals surface area contributed by atoms with E-state index >= 15 is 0 Å². The van der Waals surface area contributed by atoms with Crippen molar-refractivity contribution in [2.24, 2.45) is 11.5 Å². The first kappa shape index (κ1) is 20.9. The van der Waals surface area contributed by atoms with Gasteiger partial charge in [-0.15, -0.1) is 0 Å². The fraction of sp³-hybridized carbons (Fsp3) is 0.286. The third kappa shape index (κ3) is 4.24. The van der Waals surface area contributed by atoms with Crippen LogP contribution in [0.3, 0.4) is 0 Å². The summed E-state index contributed by atoms with van der Waals surface area (Å²) in [7, 11) is 0. The molecule has 7 nitrogen and oxygen atoms in total. The predicted octanol–water partition coefficient (Wildman–Crippen LogP) is 3.54. The summed E-state index contributed by atoms with van der Waals surface area (Å²) in [6, 6.07) is 7.74. The van der Waals surface area contributed by atoms with E-state index in [1.807, 2.05) is 24.3 Å². The van der Waals surface area contributed by atoms with Crippen LogP contribution in [0.25, 0.3) is 10.9 Å². The maximum Gasteiger partial charge on any atom is 0.264 e. The maximum atomic E-state index is 14.6. The molecule has 10 heteroatoms. The Kier molecular flexibility index (Phi) is 5.40. The van der Waals surface area contributed by atoms with E-state index in [1.54, 1.807) is 6.07 Å². The molecule has 162 valence electrons. The first-order valence-electron chi connectivity index (χ1n) is 9.77. The molecule has 0 radical (unpaired) electrons. The van der Waals surface area contributed by atoms with Crippen molar-refractivity contribution in [1.29, 1.82) is 0 Å². The average Bonchev–Trinajstić information content (AvgIpc) is 2.73. The first-order chi connectivity index (χ1) is 14.7. The molecule has 1 aliphatic rings. The predicted molar refractivity (Wildman–Crippen MR) is 112 cm³/mol. The summed E-state index contributed by atoms with van der Waals surface area (Å²) in [5.41, 5.74) is 12.1. The number of rotatable bonds is 5. The summed E-state index contributed by atoms with van der Waals surface area (Å²) >= 11 is 0. The maximum absolute atomic E-state index is 14.6. The molecular formula is C21H21F3N6O. The average molecular weight is 430 g/mol. The Balaban J connectivity index is 1.67. The van der Waals surface area contributed by atoms with Gasteiger partial charge in [0.25, 0.3) is 11.8 Å². The number of primary amides is 1. The SMILES string of the molecule is NC(=O)c1cc(F)c(N[C@@H]2CCCC(F)(F)[C@@H]2N)nc1Nc1cnc2ccccc2c1. The van der Waals surface area contributed by atoms with Gasteiger partial charge in [-0.1, -0.05) is 18.2 Å². The van der Waals surface area contributed by atoms with Gasteiger partial charge in [0.15, 0.2) is 11.6 Å². The first-order valence-corrected chi connectivity index (χ1v) is 9.77. The Morgan fingerprint density at radius 1 is 1.19 bits per heavy atom. The molecule has 0 unspecified atom stereocenters. The van der Waals surface area contributed by atoms with Crippen molar-refractivity contribution in [3.63, 3.8) is 0 Å². The van der Waals surface area contributed by atoms with E-state index < -0.39 is 29.7 Å². The lowest BCUT2D eigenvalue weighted by molar-refractivity contribution is -0.0555. The van der Waals surface area contributed by atoms with Crippen LogP contribution in [0.5, 0.6) is 0 Å². The zero-order valence-corrected chi connectivity index (χ0v) is 16.4. The van der Waals surface area contributed by atoms with Crippen molar-refractivity contribution < 1.29 is 18.0 Å². The van der Waals surface area contributed by atoms with Gasteiger partial charge in [-0.25, -0.2) is 18.2 Å². The smallest absolute Gasteiger partial charge is 0.264 e. The van der Waals surface area contributed by atoms with E-state index in [2.05, 4.69) is 20.6 Å². The second-order valence-electron chi connectivity index (χ2n) is 7.55. The number of carbonyl (C=O) groups is 1. The molecule has 1 aromatic carbocycles. The number of benzene rings is 1. The van der Waals surface area contributed by atoms with Gasteiger partial charge in [0.1, 0.15) is 5.82 Å². The van der Waals surface area contributed by atoms with Gasteiger partial charge in [0.2, 0.25) is 0 Å². The molecule has 31 heavy (non-hydrogen) atoms. The van der Waals surface area contributed by atoms with Crippen LogP contribution >= 0.6 is 0 Å². The quantitative estimate of drug-likeness (QED) is 0.492. The number of nitrogens with one attached hydrogen (secondary N) is 2. The lowest BCUT2D eigenvalue weighted by atomic mass is 9.87. The molecule has 2 heterocycles. The molecule has 3 aromatic rings. The molecule has 1 saturated carbocycles. The van der Waals surface area contributed by atoms with Crippen LogP contribution < -0.4 is 22.1 Å². The highest BCUT2D eigenvalue weighted by Gasteiger charge is 2.45. The summed E-state index contributed by atoms with van der Waals surface area (Å²) in [5, 5.41) is 6.43. The largest absolute Gasteiger partial charge is 0.365 e. The summed E-state index contributed by atoms with van der Waals surface area (Å²) < 4.78 is 42.5. The van der Waals surface area contributed by atoms with E-state index in [1.165, 1.54) is 6.20 Å². The molecule has 2 aromatic heterocycles. The van der Waals surface area contributed by atoms with E-state index in [-0.39, 0.29) is 30.0 Å². The van der Waals surface area contributed by atoms with Crippen molar-refractivity contribution in [2.45, 2.75) is 37.3 Å². The number of nitrogens with zero attached hydrogens (tertiary/aromatic N) is 2. The van der Waals surface area contributed by atoms with E-state index in [0.717, 1.165) is 17.0 Å². The number of para-hydroxylation sites is 1. The van der Waals surface area contributed by atoms with Crippen LogP contribution in [0.4, 0.5) is 30.5 Å². The van der Waals surface area contributed by atoms with Crippen LogP contribution in [0.2, 0.25) is 0 Å². The molecule has 0 aliphatic heterocycles. The van der Waals surface area contributed by atoms with Crippen LogP contribution in [-0.2, 0) is 0 Å². The van der Waals surface area contributed by atoms with E-state index in [4.69, 9.17) is 11.5 Å².